The van der Waals surface area contributed by atoms with Crippen LogP contribution in [0, 0.1) is 56.7 Å². The maximum Gasteiger partial charge on any atom is 0.0998 e. The van der Waals surface area contributed by atoms with E-state index in [0.29, 0.717) is 55.7 Å². The van der Waals surface area contributed by atoms with Crippen LogP contribution in [-0.4, -0.2) is 0 Å². The number of nitrogens with zero attached hydrogens (tertiary/aromatic N) is 5. The fraction of sp³-hybridized carbons (Fsp3) is 0.308. The van der Waals surface area contributed by atoms with Crippen molar-refractivity contribution in [3.8, 4) is 30.3 Å². The first-order chi connectivity index (χ1) is 32.5. The van der Waals surface area contributed by atoms with E-state index in [1.54, 1.807) is 0 Å². The average Bonchev–Trinajstić information content (AvgIpc) is 3.27. The van der Waals surface area contributed by atoms with E-state index in [0.717, 1.165) is 55.6 Å². The van der Waals surface area contributed by atoms with Gasteiger partial charge in [0.25, 0.3) is 0 Å². The second-order valence-electron chi connectivity index (χ2n) is 23.8. The molecule has 70 heavy (non-hydrogen) atoms. The van der Waals surface area contributed by atoms with E-state index in [1.807, 2.05) is 60.7 Å². The number of hydrogen-bond acceptors (Lipinski definition) is 5. The van der Waals surface area contributed by atoms with E-state index in [4.69, 9.17) is 0 Å². The largest absolute Gasteiger partial charge is 0.192 e. The lowest BCUT2D eigenvalue weighted by atomic mass is 9.82. The Morgan fingerprint density at radius 2 is 0.371 bits per heavy atom. The summed E-state index contributed by atoms with van der Waals surface area (Å²) in [7, 11) is 0. The zero-order valence-corrected chi connectivity index (χ0v) is 43.8. The van der Waals surface area contributed by atoms with Gasteiger partial charge in [0.15, 0.2) is 0 Å². The molecular weight excluding hydrogens is 851 g/mol. The summed E-state index contributed by atoms with van der Waals surface area (Å²) in [5, 5.41) is 54.7. The minimum atomic E-state index is -0.297. The van der Waals surface area contributed by atoms with Crippen molar-refractivity contribution in [2.45, 2.75) is 131 Å². The minimum absolute atomic E-state index is 0.297. The lowest BCUT2D eigenvalue weighted by molar-refractivity contribution is 0.589. The number of allylic oxidation sites excluding steroid dienone is 5. The third-order valence-corrected chi connectivity index (χ3v) is 12.8. The van der Waals surface area contributed by atoms with Crippen LogP contribution in [0.4, 0.5) is 0 Å². The lowest BCUT2D eigenvalue weighted by Gasteiger charge is -2.22. The SMILES string of the molecule is CC(C)(C)c1cc2cc(c1)C(C#N)=Cc1cc(cc(C(C)(C)C)c1)/C(C#N)=C/c1cc(cc(C(C)(C)C)c1)/C(C#N)=C/c1cc(cc(C(C)(C)C)c1)/C(C#N)=C/c1cc(cc(C(C)(C)C)c1)/C(C#N)=C/2. The highest BCUT2D eigenvalue weighted by molar-refractivity contribution is 5.98. The molecule has 0 heterocycles. The number of benzene rings is 5. The van der Waals surface area contributed by atoms with Crippen molar-refractivity contribution in [1.29, 1.82) is 26.3 Å². The summed E-state index contributed by atoms with van der Waals surface area (Å²) in [5.41, 5.74) is 13.1. The normalized spacial score (nSPS) is 16.7. The molecule has 1 aliphatic rings. The highest BCUT2D eigenvalue weighted by atomic mass is 14.3. The van der Waals surface area contributed by atoms with Crippen molar-refractivity contribution in [2.75, 3.05) is 0 Å². The molecule has 0 saturated carbocycles. The molecule has 0 saturated heterocycles. The molecule has 0 N–H and O–H groups in total. The summed E-state index contributed by atoms with van der Waals surface area (Å²) in [6.45, 7) is 32.0. The number of nitriles is 5. The van der Waals surface area contributed by atoms with Crippen LogP contribution in [0.2, 0.25) is 0 Å². The van der Waals surface area contributed by atoms with Crippen molar-refractivity contribution in [3.63, 3.8) is 0 Å². The van der Waals surface area contributed by atoms with Gasteiger partial charge in [0.05, 0.1) is 58.2 Å². The van der Waals surface area contributed by atoms with Gasteiger partial charge < -0.3 is 0 Å². The average molecular weight is 916 g/mol. The maximum atomic E-state index is 10.9. The van der Waals surface area contributed by atoms with E-state index >= 15 is 0 Å². The summed E-state index contributed by atoms with van der Waals surface area (Å²) >= 11 is 0. The van der Waals surface area contributed by atoms with Gasteiger partial charge in [-0.1, -0.05) is 134 Å². The van der Waals surface area contributed by atoms with E-state index in [2.05, 4.69) is 195 Å². The highest BCUT2D eigenvalue weighted by Crippen LogP contribution is 2.37. The van der Waals surface area contributed by atoms with Crippen LogP contribution in [0.1, 0.15) is 187 Å². The summed E-state index contributed by atoms with van der Waals surface area (Å²) in [6, 6.07) is 42.9. The van der Waals surface area contributed by atoms with Crippen molar-refractivity contribution in [1.82, 2.24) is 0 Å². The Balaban J connectivity index is 1.80. The fourth-order valence-electron chi connectivity index (χ4n) is 8.35. The molecule has 5 heteroatoms. The molecule has 5 nitrogen and oxygen atoms in total. The van der Waals surface area contributed by atoms with E-state index in [-0.39, 0.29) is 27.1 Å². The molecule has 0 atom stereocenters. The Labute approximate surface area is 418 Å². The lowest BCUT2D eigenvalue weighted by Crippen LogP contribution is -2.12. The van der Waals surface area contributed by atoms with Crippen LogP contribution in [0.15, 0.2) is 91.0 Å². The van der Waals surface area contributed by atoms with Gasteiger partial charge in [0.1, 0.15) is 0 Å². The third kappa shape index (κ3) is 12.1. The van der Waals surface area contributed by atoms with Crippen molar-refractivity contribution >= 4 is 58.2 Å². The number of hydrogen-bond donors (Lipinski definition) is 0. The van der Waals surface area contributed by atoms with Gasteiger partial charge in [-0.25, -0.2) is 0 Å². The first kappa shape index (κ1) is 51.6. The van der Waals surface area contributed by atoms with Crippen LogP contribution >= 0.6 is 0 Å². The molecule has 0 unspecified atom stereocenters. The van der Waals surface area contributed by atoms with Crippen molar-refractivity contribution in [3.05, 3.63) is 174 Å². The van der Waals surface area contributed by atoms with Gasteiger partial charge in [-0.2, -0.15) is 26.3 Å². The zero-order chi connectivity index (χ0) is 51.7. The summed E-state index contributed by atoms with van der Waals surface area (Å²) in [4.78, 5) is 0. The van der Waals surface area contributed by atoms with Gasteiger partial charge in [0.2, 0.25) is 0 Å². The van der Waals surface area contributed by atoms with Crippen LogP contribution in [0.5, 0.6) is 0 Å². The molecular formula is C65H65N5. The molecule has 10 bridgehead atoms. The first-order valence-corrected chi connectivity index (χ1v) is 23.9. The van der Waals surface area contributed by atoms with Gasteiger partial charge in [0, 0.05) is 0 Å². The molecule has 1 aliphatic carbocycles. The van der Waals surface area contributed by atoms with Crippen LogP contribution in [0.25, 0.3) is 58.2 Å². The Morgan fingerprint density at radius 1 is 0.229 bits per heavy atom. The monoisotopic (exact) mass is 916 g/mol. The quantitative estimate of drug-likeness (QED) is 0.153. The third-order valence-electron chi connectivity index (χ3n) is 12.8. The van der Waals surface area contributed by atoms with E-state index in [1.165, 1.54) is 0 Å². The van der Waals surface area contributed by atoms with Crippen molar-refractivity contribution < 1.29 is 0 Å². The van der Waals surface area contributed by atoms with Gasteiger partial charge in [-0.05, 0) is 202 Å². The topological polar surface area (TPSA) is 119 Å². The van der Waals surface area contributed by atoms with Gasteiger partial charge in [-0.3, -0.25) is 0 Å². The molecule has 6 rings (SSSR count). The van der Waals surface area contributed by atoms with Gasteiger partial charge in [-0.15, -0.1) is 0 Å². The first-order valence-electron chi connectivity index (χ1n) is 23.9. The zero-order valence-electron chi connectivity index (χ0n) is 43.8. The Hall–Kier alpha value is -7.75. The number of rotatable bonds is 0. The van der Waals surface area contributed by atoms with Crippen molar-refractivity contribution in [2.24, 2.45) is 0 Å². The van der Waals surface area contributed by atoms with E-state index in [9.17, 15) is 26.3 Å². The molecule has 0 radical (unpaired) electrons. The Kier molecular flexibility index (Phi) is 14.3. The van der Waals surface area contributed by atoms with Crippen LogP contribution < -0.4 is 0 Å². The standard InChI is InChI=1S/C65H65N5/c1-61(2,3)56-26-41-16-46(31-56)51(36-66)22-42-17-48(33-57(27-42)62(4,5)6)53(38-68)24-44-19-50(35-59(29-44)64(10,11)12)55(40-70)25-45-20-49(34-60(30-45)65(13,14)15)54(39-69)23-43-18-47(52(21-41)37-67)32-58(28-43)63(7,8)9/h16-35H,1-15H3/b51-22+,52-21+,53-24+,54-23+,55-25?. The molecule has 0 fully saturated rings. The molecule has 5 aromatic rings. The summed E-state index contributed by atoms with van der Waals surface area (Å²) < 4.78 is 0. The minimum Gasteiger partial charge on any atom is -0.192 e. The van der Waals surface area contributed by atoms with E-state index < -0.39 is 0 Å². The molecule has 0 amide bonds. The van der Waals surface area contributed by atoms with Crippen LogP contribution in [0.3, 0.4) is 0 Å². The molecule has 5 aromatic carbocycles. The summed E-state index contributed by atoms with van der Waals surface area (Å²) in [5.74, 6) is 0. The van der Waals surface area contributed by atoms with Gasteiger partial charge >= 0.3 is 0 Å². The Morgan fingerprint density at radius 3 is 0.486 bits per heavy atom. The second kappa shape index (κ2) is 19.3. The Bertz CT molecular complexity index is 2790. The van der Waals surface area contributed by atoms with Crippen LogP contribution in [-0.2, 0) is 27.1 Å². The smallest absolute Gasteiger partial charge is 0.0998 e. The predicted molar refractivity (Wildman–Crippen MR) is 293 cm³/mol. The highest BCUT2D eigenvalue weighted by Gasteiger charge is 2.23. The second-order valence-corrected chi connectivity index (χ2v) is 23.8. The molecule has 0 aliphatic heterocycles. The molecule has 0 spiro atoms. The maximum absolute atomic E-state index is 10.9. The number of fused-ring (bicyclic) bond motifs is 10. The molecule has 0 aromatic heterocycles. The molecule has 350 valence electrons. The predicted octanol–water partition coefficient (Wildman–Crippen LogP) is 16.8. The summed E-state index contributed by atoms with van der Waals surface area (Å²) in [6.07, 6.45) is 9.43. The fourth-order valence-corrected chi connectivity index (χ4v) is 8.35.